The van der Waals surface area contributed by atoms with Crippen LogP contribution in [0.1, 0.15) is 36.7 Å². The van der Waals surface area contributed by atoms with Crippen molar-refractivity contribution in [2.75, 3.05) is 26.2 Å². The summed E-state index contributed by atoms with van der Waals surface area (Å²) in [4.78, 5) is 25.0. The van der Waals surface area contributed by atoms with Crippen molar-refractivity contribution in [2.45, 2.75) is 40.2 Å². The number of nitrogens with one attached hydrogen (secondary N) is 1. The molecule has 0 aliphatic carbocycles. The van der Waals surface area contributed by atoms with E-state index >= 15 is 0 Å². The molecule has 2 aliphatic heterocycles. The molecule has 1 saturated heterocycles. The summed E-state index contributed by atoms with van der Waals surface area (Å²) < 4.78 is 6.10. The maximum absolute atomic E-state index is 13.2. The number of aromatic nitrogens is 2. The molecule has 1 aromatic heterocycles. The number of hydrogen-bond acceptors (Lipinski definition) is 3. The van der Waals surface area contributed by atoms with Gasteiger partial charge >= 0.3 is 6.03 Å². The van der Waals surface area contributed by atoms with E-state index in [9.17, 15) is 4.79 Å². The van der Waals surface area contributed by atoms with E-state index in [2.05, 4.69) is 54.1 Å². The normalized spacial score (nSPS) is 19.1. The molecule has 5 rings (SSSR count). The van der Waals surface area contributed by atoms with Crippen molar-refractivity contribution in [3.05, 3.63) is 47.3 Å². The molecule has 0 radical (unpaired) electrons. The predicted octanol–water partition coefficient (Wildman–Crippen LogP) is 4.89. The fourth-order valence-corrected chi connectivity index (χ4v) is 4.92. The Labute approximate surface area is 183 Å². The van der Waals surface area contributed by atoms with Gasteiger partial charge in [-0.25, -0.2) is 9.78 Å². The first-order valence-corrected chi connectivity index (χ1v) is 11.2. The first kappa shape index (κ1) is 19.9. The number of H-pyrrole nitrogens is 1. The fraction of sp³-hybridized carbons (Fsp3) is 0.440. The maximum Gasteiger partial charge on any atom is 0.320 e. The Balaban J connectivity index is 1.46. The van der Waals surface area contributed by atoms with Gasteiger partial charge in [-0.3, -0.25) is 0 Å². The molecule has 2 aliphatic rings. The van der Waals surface area contributed by atoms with Crippen LogP contribution >= 0.6 is 0 Å². The van der Waals surface area contributed by atoms with E-state index < -0.39 is 0 Å². The zero-order valence-electron chi connectivity index (χ0n) is 18.6. The van der Waals surface area contributed by atoms with Gasteiger partial charge in [0.25, 0.3) is 0 Å². The molecule has 0 spiro atoms. The number of benzene rings is 2. The Morgan fingerprint density at radius 3 is 2.84 bits per heavy atom. The summed E-state index contributed by atoms with van der Waals surface area (Å²) >= 11 is 0. The second-order valence-electron chi connectivity index (χ2n) is 9.08. The van der Waals surface area contributed by atoms with Crippen LogP contribution in [-0.2, 0) is 6.54 Å². The highest BCUT2D eigenvalue weighted by atomic mass is 16.5. The quantitative estimate of drug-likeness (QED) is 0.612. The molecule has 1 N–H and O–H groups in total. The van der Waals surface area contributed by atoms with Crippen LogP contribution in [0.5, 0.6) is 5.75 Å². The van der Waals surface area contributed by atoms with Crippen LogP contribution in [0.4, 0.5) is 4.79 Å². The standard InChI is InChI=1S/C25H30N4O2/c1-16-5-4-8-28(14-16)25(30)29-9-10-31-24-17(2)11-20(12-21(24)15-29)19-6-7-22-23(13-19)27-18(3)26-22/h6-7,11-13,16H,4-5,8-10,14-15H2,1-3H3,(H,26,27). The molecule has 1 unspecified atom stereocenters. The third kappa shape index (κ3) is 3.87. The van der Waals surface area contributed by atoms with Crippen molar-refractivity contribution in [3.63, 3.8) is 0 Å². The van der Waals surface area contributed by atoms with Gasteiger partial charge in [0.05, 0.1) is 24.1 Å². The summed E-state index contributed by atoms with van der Waals surface area (Å²) in [6.07, 6.45) is 2.30. The Morgan fingerprint density at radius 1 is 1.13 bits per heavy atom. The van der Waals surface area contributed by atoms with Crippen LogP contribution in [0, 0.1) is 19.8 Å². The molecule has 0 saturated carbocycles. The van der Waals surface area contributed by atoms with Gasteiger partial charge in [0, 0.05) is 18.7 Å². The summed E-state index contributed by atoms with van der Waals surface area (Å²) in [6, 6.07) is 10.8. The van der Waals surface area contributed by atoms with E-state index in [1.165, 1.54) is 6.42 Å². The van der Waals surface area contributed by atoms with Gasteiger partial charge in [0.2, 0.25) is 0 Å². The average Bonchev–Trinajstić information content (AvgIpc) is 2.98. The highest BCUT2D eigenvalue weighted by Crippen LogP contribution is 2.34. The highest BCUT2D eigenvalue weighted by Gasteiger charge is 2.28. The van der Waals surface area contributed by atoms with Crippen LogP contribution in [0.2, 0.25) is 0 Å². The summed E-state index contributed by atoms with van der Waals surface area (Å²) in [5, 5.41) is 0. The molecule has 1 fully saturated rings. The van der Waals surface area contributed by atoms with Crippen LogP contribution in [-0.4, -0.2) is 52.0 Å². The Morgan fingerprint density at radius 2 is 2.00 bits per heavy atom. The van der Waals surface area contributed by atoms with Gasteiger partial charge in [0.1, 0.15) is 18.2 Å². The molecule has 162 valence electrons. The number of amides is 2. The average molecular weight is 419 g/mol. The number of carbonyl (C=O) groups excluding carboxylic acids is 1. The van der Waals surface area contributed by atoms with Crippen molar-refractivity contribution >= 4 is 17.1 Å². The number of nitrogens with zero attached hydrogens (tertiary/aromatic N) is 3. The lowest BCUT2D eigenvalue weighted by atomic mass is 9.98. The number of aryl methyl sites for hydroxylation is 2. The van der Waals surface area contributed by atoms with E-state index in [0.29, 0.717) is 25.6 Å². The monoisotopic (exact) mass is 418 g/mol. The Bertz CT molecular complexity index is 1140. The number of rotatable bonds is 1. The van der Waals surface area contributed by atoms with E-state index in [-0.39, 0.29) is 6.03 Å². The van der Waals surface area contributed by atoms with E-state index in [4.69, 9.17) is 4.74 Å². The molecule has 6 heteroatoms. The summed E-state index contributed by atoms with van der Waals surface area (Å²) in [6.45, 7) is 9.73. The Hall–Kier alpha value is -3.02. The minimum absolute atomic E-state index is 0.139. The number of likely N-dealkylation sites (tertiary alicyclic amines) is 1. The van der Waals surface area contributed by atoms with Gasteiger partial charge in [-0.1, -0.05) is 13.0 Å². The van der Waals surface area contributed by atoms with Gasteiger partial charge < -0.3 is 19.5 Å². The fourth-order valence-electron chi connectivity index (χ4n) is 4.92. The lowest BCUT2D eigenvalue weighted by Crippen LogP contribution is -2.47. The molecule has 3 heterocycles. The SMILES string of the molecule is Cc1nc2ccc(-c3cc(C)c4c(c3)CN(C(=O)N3CCCC(C)C3)CCO4)cc2[nH]1. The minimum Gasteiger partial charge on any atom is -0.491 e. The van der Waals surface area contributed by atoms with Gasteiger partial charge in [-0.15, -0.1) is 0 Å². The number of fused-ring (bicyclic) bond motifs is 2. The number of hydrogen-bond donors (Lipinski definition) is 1. The van der Waals surface area contributed by atoms with Gasteiger partial charge in [0.15, 0.2) is 0 Å². The lowest BCUT2D eigenvalue weighted by Gasteiger charge is -2.34. The van der Waals surface area contributed by atoms with Gasteiger partial charge in [-0.2, -0.15) is 0 Å². The third-order valence-electron chi connectivity index (χ3n) is 6.45. The Kier molecular flexibility index (Phi) is 5.08. The van der Waals surface area contributed by atoms with Crippen LogP contribution in [0.25, 0.3) is 22.2 Å². The van der Waals surface area contributed by atoms with Crippen LogP contribution in [0.15, 0.2) is 30.3 Å². The summed E-state index contributed by atoms with van der Waals surface area (Å²) in [5.74, 6) is 2.41. The molecule has 31 heavy (non-hydrogen) atoms. The van der Waals surface area contributed by atoms with E-state index in [0.717, 1.165) is 64.4 Å². The summed E-state index contributed by atoms with van der Waals surface area (Å²) in [5.41, 5.74) is 6.46. The van der Waals surface area contributed by atoms with Crippen LogP contribution in [0.3, 0.4) is 0 Å². The number of ether oxygens (including phenoxy) is 1. The molecule has 3 aromatic rings. The second kappa shape index (κ2) is 7.91. The van der Waals surface area contributed by atoms with Crippen molar-refractivity contribution in [3.8, 4) is 16.9 Å². The number of aromatic amines is 1. The third-order valence-corrected chi connectivity index (χ3v) is 6.45. The highest BCUT2D eigenvalue weighted by molar-refractivity contribution is 5.82. The van der Waals surface area contributed by atoms with Crippen molar-refractivity contribution in [2.24, 2.45) is 5.92 Å². The molecular weight excluding hydrogens is 388 g/mol. The molecule has 2 aromatic carbocycles. The van der Waals surface area contributed by atoms with E-state index in [1.54, 1.807) is 0 Å². The van der Waals surface area contributed by atoms with Crippen molar-refractivity contribution < 1.29 is 9.53 Å². The summed E-state index contributed by atoms with van der Waals surface area (Å²) in [7, 11) is 0. The molecular formula is C25H30N4O2. The first-order valence-electron chi connectivity index (χ1n) is 11.2. The largest absolute Gasteiger partial charge is 0.491 e. The number of carbonyl (C=O) groups is 1. The van der Waals surface area contributed by atoms with Crippen molar-refractivity contribution in [1.29, 1.82) is 0 Å². The maximum atomic E-state index is 13.2. The zero-order valence-corrected chi connectivity index (χ0v) is 18.6. The van der Waals surface area contributed by atoms with Gasteiger partial charge in [-0.05, 0) is 73.6 Å². The minimum atomic E-state index is 0.139. The molecule has 2 amide bonds. The lowest BCUT2D eigenvalue weighted by molar-refractivity contribution is 0.125. The first-order chi connectivity index (χ1) is 15.0. The number of imidazole rings is 1. The smallest absolute Gasteiger partial charge is 0.320 e. The van der Waals surface area contributed by atoms with E-state index in [1.807, 2.05) is 16.7 Å². The zero-order chi connectivity index (χ0) is 21.5. The van der Waals surface area contributed by atoms with Crippen molar-refractivity contribution in [1.82, 2.24) is 19.8 Å². The molecule has 0 bridgehead atoms. The topological polar surface area (TPSA) is 61.5 Å². The second-order valence-corrected chi connectivity index (χ2v) is 9.08. The molecule has 6 nitrogen and oxygen atoms in total. The molecule has 1 atom stereocenters. The number of piperidine rings is 1. The van der Waals surface area contributed by atoms with Crippen LogP contribution < -0.4 is 4.74 Å². The predicted molar refractivity (Wildman–Crippen MR) is 122 cm³/mol. The number of urea groups is 1.